The molecular weight excluding hydrogens is 534 g/mol. The van der Waals surface area contributed by atoms with Crippen molar-refractivity contribution in [2.24, 2.45) is 0 Å². The highest BCUT2D eigenvalue weighted by molar-refractivity contribution is 14.1. The van der Waals surface area contributed by atoms with E-state index in [1.165, 1.54) is 40.5 Å². The Bertz CT molecular complexity index is 717. The Morgan fingerprint density at radius 2 is 1.08 bits per heavy atom. The summed E-state index contributed by atoms with van der Waals surface area (Å²) >= 11 is 4.77. The van der Waals surface area contributed by atoms with Crippen LogP contribution < -0.4 is 11.5 Å². The second-order valence-corrected chi connectivity index (χ2v) is 8.93. The van der Waals surface area contributed by atoms with Crippen LogP contribution in [0.3, 0.4) is 0 Å². The molecule has 4 heteroatoms. The molecule has 2 aromatic carbocycles. The summed E-state index contributed by atoms with van der Waals surface area (Å²) in [6, 6.07) is 4.59. The van der Waals surface area contributed by atoms with Crippen LogP contribution in [0.5, 0.6) is 0 Å². The number of nitrogens with two attached hydrogens (primary N) is 2. The van der Waals surface area contributed by atoms with Crippen molar-refractivity contribution in [3.8, 4) is 0 Å². The van der Waals surface area contributed by atoms with Crippen LogP contribution in [-0.4, -0.2) is 0 Å². The van der Waals surface area contributed by atoms with E-state index in [9.17, 15) is 0 Å². The lowest BCUT2D eigenvalue weighted by Gasteiger charge is -2.18. The van der Waals surface area contributed by atoms with Gasteiger partial charge >= 0.3 is 0 Å². The Morgan fingerprint density at radius 1 is 0.720 bits per heavy atom. The molecule has 0 aliphatic carbocycles. The molecule has 2 aromatic rings. The normalized spacial score (nSPS) is 11.1. The molecule has 0 unspecified atom stereocenters. The third-order valence-corrected chi connectivity index (χ3v) is 7.68. The predicted molar refractivity (Wildman–Crippen MR) is 127 cm³/mol. The number of hydrogen-bond acceptors (Lipinski definition) is 2. The van der Waals surface area contributed by atoms with E-state index in [1.54, 1.807) is 0 Å². The first kappa shape index (κ1) is 20.8. The van der Waals surface area contributed by atoms with Gasteiger partial charge in [-0.05, 0) is 105 Å². The molecule has 0 saturated carbocycles. The molecule has 0 aromatic heterocycles. The van der Waals surface area contributed by atoms with Crippen LogP contribution in [0, 0.1) is 21.0 Å². The van der Waals surface area contributed by atoms with Gasteiger partial charge in [0.25, 0.3) is 0 Å². The summed E-state index contributed by atoms with van der Waals surface area (Å²) in [5, 5.41) is 0. The fourth-order valence-corrected chi connectivity index (χ4v) is 4.70. The summed E-state index contributed by atoms with van der Waals surface area (Å²) in [6.07, 6.45) is 5.28. The zero-order valence-corrected chi connectivity index (χ0v) is 19.9. The molecule has 0 fully saturated rings. The van der Waals surface area contributed by atoms with Crippen molar-refractivity contribution < 1.29 is 0 Å². The van der Waals surface area contributed by atoms with Crippen molar-refractivity contribution >= 4 is 56.6 Å². The van der Waals surface area contributed by atoms with E-state index < -0.39 is 0 Å². The molecule has 0 bridgehead atoms. The Labute approximate surface area is 179 Å². The lowest BCUT2D eigenvalue weighted by Crippen LogP contribution is -2.08. The molecule has 0 aliphatic rings. The van der Waals surface area contributed by atoms with Crippen molar-refractivity contribution in [2.75, 3.05) is 11.5 Å². The Kier molecular flexibility index (Phi) is 7.43. The molecule has 0 spiro atoms. The van der Waals surface area contributed by atoms with Gasteiger partial charge in [-0.25, -0.2) is 0 Å². The zero-order valence-electron chi connectivity index (χ0n) is 15.6. The third-order valence-electron chi connectivity index (χ3n) is 4.90. The SMILES string of the molecule is CCCc1cc(Cc2cc(CCC)c(C)c(I)c2N)c(N)c(I)c1C. The molecule has 0 aliphatic heterocycles. The summed E-state index contributed by atoms with van der Waals surface area (Å²) in [7, 11) is 0. The summed E-state index contributed by atoms with van der Waals surface area (Å²) in [4.78, 5) is 0. The Hall–Kier alpha value is -0.500. The van der Waals surface area contributed by atoms with Gasteiger partial charge in [0.2, 0.25) is 0 Å². The average molecular weight is 562 g/mol. The maximum atomic E-state index is 6.46. The minimum Gasteiger partial charge on any atom is -0.398 e. The first-order valence-corrected chi connectivity index (χ1v) is 11.1. The van der Waals surface area contributed by atoms with E-state index in [1.807, 2.05) is 0 Å². The van der Waals surface area contributed by atoms with Gasteiger partial charge in [-0.2, -0.15) is 0 Å². The first-order chi connectivity index (χ1) is 11.8. The summed E-state index contributed by atoms with van der Waals surface area (Å²) in [5.74, 6) is 0. The number of nitrogen functional groups attached to an aromatic ring is 2. The van der Waals surface area contributed by atoms with E-state index in [4.69, 9.17) is 11.5 Å². The molecule has 0 amide bonds. The van der Waals surface area contributed by atoms with Crippen LogP contribution in [0.2, 0.25) is 0 Å². The molecule has 2 rings (SSSR count). The van der Waals surface area contributed by atoms with Gasteiger partial charge < -0.3 is 11.5 Å². The van der Waals surface area contributed by atoms with Gasteiger partial charge in [0, 0.05) is 24.9 Å². The summed E-state index contributed by atoms with van der Waals surface area (Å²) in [5.41, 5.74) is 22.6. The van der Waals surface area contributed by atoms with Crippen LogP contribution in [-0.2, 0) is 19.3 Å². The number of rotatable bonds is 6. The van der Waals surface area contributed by atoms with Gasteiger partial charge in [0.05, 0.1) is 0 Å². The molecule has 25 heavy (non-hydrogen) atoms. The van der Waals surface area contributed by atoms with E-state index in [0.717, 1.165) is 43.5 Å². The monoisotopic (exact) mass is 562 g/mol. The summed E-state index contributed by atoms with van der Waals surface area (Å²) in [6.45, 7) is 8.80. The number of benzene rings is 2. The van der Waals surface area contributed by atoms with Crippen molar-refractivity contribution in [3.63, 3.8) is 0 Å². The molecule has 136 valence electrons. The minimum absolute atomic E-state index is 0.803. The fourth-order valence-electron chi connectivity index (χ4n) is 3.32. The van der Waals surface area contributed by atoms with Gasteiger partial charge in [-0.3, -0.25) is 0 Å². The maximum absolute atomic E-state index is 6.46. The Balaban J connectivity index is 2.53. The van der Waals surface area contributed by atoms with E-state index in [-0.39, 0.29) is 0 Å². The fraction of sp³-hybridized carbons (Fsp3) is 0.429. The highest BCUT2D eigenvalue weighted by Gasteiger charge is 2.15. The third kappa shape index (κ3) is 4.43. The molecule has 2 nitrogen and oxygen atoms in total. The minimum atomic E-state index is 0.803. The number of anilines is 2. The van der Waals surface area contributed by atoms with Gasteiger partial charge in [0.15, 0.2) is 0 Å². The van der Waals surface area contributed by atoms with Crippen molar-refractivity contribution in [1.82, 2.24) is 0 Å². The molecular formula is C21H28I2N2. The smallest absolute Gasteiger partial charge is 0.0488 e. The highest BCUT2D eigenvalue weighted by Crippen LogP contribution is 2.33. The molecule has 4 N–H and O–H groups in total. The largest absolute Gasteiger partial charge is 0.398 e. The number of hydrogen-bond donors (Lipinski definition) is 2. The lowest BCUT2D eigenvalue weighted by molar-refractivity contribution is 0.903. The van der Waals surface area contributed by atoms with Crippen LogP contribution in [0.1, 0.15) is 60.1 Å². The van der Waals surface area contributed by atoms with Crippen LogP contribution >= 0.6 is 45.2 Å². The Morgan fingerprint density at radius 3 is 1.40 bits per heavy atom. The molecule has 0 radical (unpaired) electrons. The van der Waals surface area contributed by atoms with Crippen molar-refractivity contribution in [1.29, 1.82) is 0 Å². The lowest BCUT2D eigenvalue weighted by atomic mass is 9.92. The van der Waals surface area contributed by atoms with Gasteiger partial charge in [-0.1, -0.05) is 38.8 Å². The summed E-state index contributed by atoms with van der Waals surface area (Å²) < 4.78 is 2.38. The maximum Gasteiger partial charge on any atom is 0.0488 e. The quantitative estimate of drug-likeness (QED) is 0.327. The van der Waals surface area contributed by atoms with Gasteiger partial charge in [0.1, 0.15) is 0 Å². The van der Waals surface area contributed by atoms with Crippen LogP contribution in [0.25, 0.3) is 0 Å². The van der Waals surface area contributed by atoms with Crippen molar-refractivity contribution in [3.05, 3.63) is 52.7 Å². The molecule has 0 saturated heterocycles. The number of aryl methyl sites for hydroxylation is 2. The standard InChI is InChI=1S/C21H28I2N2/c1-5-7-14-9-16(20(24)18(22)12(14)3)11-17-10-15(8-6-2)13(4)19(23)21(17)25/h9-10H,5-8,11,24-25H2,1-4H3. The van der Waals surface area contributed by atoms with Crippen LogP contribution in [0.15, 0.2) is 12.1 Å². The van der Waals surface area contributed by atoms with Gasteiger partial charge in [-0.15, -0.1) is 0 Å². The average Bonchev–Trinajstić information content (AvgIpc) is 2.59. The first-order valence-electron chi connectivity index (χ1n) is 8.94. The topological polar surface area (TPSA) is 52.0 Å². The molecule has 0 heterocycles. The molecule has 0 atom stereocenters. The second kappa shape index (κ2) is 8.93. The van der Waals surface area contributed by atoms with E-state index in [2.05, 4.69) is 85.0 Å². The second-order valence-electron chi connectivity index (χ2n) is 6.77. The number of halogens is 2. The highest BCUT2D eigenvalue weighted by atomic mass is 127. The van der Waals surface area contributed by atoms with E-state index >= 15 is 0 Å². The predicted octanol–water partition coefficient (Wildman–Crippen LogP) is 6.17. The van der Waals surface area contributed by atoms with Crippen molar-refractivity contribution in [2.45, 2.75) is 59.8 Å². The van der Waals surface area contributed by atoms with Crippen LogP contribution in [0.4, 0.5) is 11.4 Å². The van der Waals surface area contributed by atoms with E-state index in [0.29, 0.717) is 0 Å². The zero-order chi connectivity index (χ0) is 18.7.